The van der Waals surface area contributed by atoms with Gasteiger partial charge in [-0.05, 0) is 45.0 Å². The van der Waals surface area contributed by atoms with E-state index in [4.69, 9.17) is 4.98 Å². The Kier molecular flexibility index (Phi) is 6.95. The summed E-state index contributed by atoms with van der Waals surface area (Å²) < 4.78 is 1.96. The number of nitrogens with zero attached hydrogens (tertiary/aromatic N) is 6. The minimum atomic E-state index is -0.151. The summed E-state index contributed by atoms with van der Waals surface area (Å²) in [6.45, 7) is 6.70. The highest BCUT2D eigenvalue weighted by Crippen LogP contribution is 2.33. The molecule has 4 rings (SSSR count). The number of fused-ring (bicyclic) bond motifs is 1. The molecule has 9 nitrogen and oxygen atoms in total. The third-order valence-corrected chi connectivity index (χ3v) is 6.50. The second kappa shape index (κ2) is 9.87. The van der Waals surface area contributed by atoms with Crippen LogP contribution in [0.15, 0.2) is 24.4 Å². The first-order chi connectivity index (χ1) is 15.5. The maximum Gasteiger partial charge on any atom is 0.320 e. The van der Waals surface area contributed by atoms with Crippen molar-refractivity contribution in [2.75, 3.05) is 67.0 Å². The molecule has 1 atom stereocenters. The van der Waals surface area contributed by atoms with Gasteiger partial charge in [0.2, 0.25) is 0 Å². The number of piperazine rings is 1. The summed E-state index contributed by atoms with van der Waals surface area (Å²) in [6.07, 6.45) is 4.62. The van der Waals surface area contributed by atoms with E-state index in [1.807, 2.05) is 33.7 Å². The Morgan fingerprint density at radius 3 is 2.69 bits per heavy atom. The van der Waals surface area contributed by atoms with Crippen LogP contribution in [0, 0.1) is 0 Å². The summed E-state index contributed by atoms with van der Waals surface area (Å²) in [5.41, 5.74) is 1.22. The Hall–Kier alpha value is -2.65. The molecule has 3 amide bonds. The van der Waals surface area contributed by atoms with Crippen molar-refractivity contribution >= 4 is 17.5 Å². The van der Waals surface area contributed by atoms with Crippen LogP contribution in [0.5, 0.6) is 0 Å². The van der Waals surface area contributed by atoms with Crippen LogP contribution in [0.4, 0.5) is 4.79 Å². The van der Waals surface area contributed by atoms with Crippen molar-refractivity contribution in [2.45, 2.75) is 25.3 Å². The highest BCUT2D eigenvalue weighted by atomic mass is 16.2. The number of pyridine rings is 1. The summed E-state index contributed by atoms with van der Waals surface area (Å²) in [5, 5.41) is 3.05. The van der Waals surface area contributed by atoms with Gasteiger partial charge < -0.3 is 29.3 Å². The molecular weight excluding hydrogens is 406 g/mol. The molecule has 9 heteroatoms. The zero-order valence-corrected chi connectivity index (χ0v) is 19.5. The molecule has 0 radical (unpaired) electrons. The van der Waals surface area contributed by atoms with E-state index in [1.54, 1.807) is 19.0 Å². The molecule has 2 aromatic heterocycles. The Morgan fingerprint density at radius 2 is 1.94 bits per heavy atom. The first-order valence-electron chi connectivity index (χ1n) is 11.6. The van der Waals surface area contributed by atoms with Crippen LogP contribution in [-0.4, -0.2) is 108 Å². The number of amides is 3. The van der Waals surface area contributed by atoms with Gasteiger partial charge >= 0.3 is 6.03 Å². The molecule has 1 N–H and O–H groups in total. The molecule has 2 aliphatic rings. The molecule has 4 heterocycles. The van der Waals surface area contributed by atoms with Gasteiger partial charge in [-0.1, -0.05) is 6.07 Å². The lowest BCUT2D eigenvalue weighted by Gasteiger charge is -2.32. The van der Waals surface area contributed by atoms with Crippen molar-refractivity contribution in [3.05, 3.63) is 35.9 Å². The van der Waals surface area contributed by atoms with Crippen molar-refractivity contribution in [3.63, 3.8) is 0 Å². The Bertz CT molecular complexity index is 949. The Morgan fingerprint density at radius 1 is 1.16 bits per heavy atom. The number of rotatable bonds is 6. The standard InChI is InChI=1S/C23H35N7O2/c1-26(2)23(32)30-13-6-9-19(30)21-25-20(18-8-4-5-12-29(18)21)22(31)24-10-7-11-28-16-14-27(3)15-17-28/h4-5,8,12,19H,6-7,9-11,13-17H2,1-3H3,(H,24,31)/t19-/m1/s1. The SMILES string of the molecule is CN1CCN(CCCNC(=O)c2nc([C@H]3CCCN3C(=O)N(C)C)n3ccccc23)CC1. The van der Waals surface area contributed by atoms with Crippen molar-refractivity contribution in [1.82, 2.24) is 34.3 Å². The van der Waals surface area contributed by atoms with E-state index >= 15 is 0 Å². The first kappa shape index (κ1) is 22.5. The molecule has 2 saturated heterocycles. The van der Waals surface area contributed by atoms with Crippen LogP contribution >= 0.6 is 0 Å². The van der Waals surface area contributed by atoms with Gasteiger partial charge in [-0.25, -0.2) is 9.78 Å². The summed E-state index contributed by atoms with van der Waals surface area (Å²) >= 11 is 0. The molecule has 2 aliphatic heterocycles. The predicted octanol–water partition coefficient (Wildman–Crippen LogP) is 1.52. The minimum absolute atomic E-state index is 0.0184. The molecule has 0 spiro atoms. The van der Waals surface area contributed by atoms with Crippen LogP contribution in [0.2, 0.25) is 0 Å². The fourth-order valence-electron chi connectivity index (χ4n) is 4.64. The summed E-state index contributed by atoms with van der Waals surface area (Å²) in [6, 6.07) is 5.63. The number of nitrogens with one attached hydrogen (secondary N) is 1. The summed E-state index contributed by atoms with van der Waals surface area (Å²) in [4.78, 5) is 38.7. The maximum atomic E-state index is 13.0. The zero-order valence-electron chi connectivity index (χ0n) is 19.5. The van der Waals surface area contributed by atoms with Gasteiger partial charge in [0.1, 0.15) is 5.82 Å². The lowest BCUT2D eigenvalue weighted by molar-refractivity contribution is 0.0946. The highest BCUT2D eigenvalue weighted by Gasteiger charge is 2.34. The monoisotopic (exact) mass is 441 g/mol. The molecule has 0 bridgehead atoms. The number of urea groups is 1. The molecular formula is C23H35N7O2. The summed E-state index contributed by atoms with van der Waals surface area (Å²) in [7, 11) is 5.69. The number of imidazole rings is 1. The second-order valence-electron chi connectivity index (χ2n) is 9.06. The van der Waals surface area contributed by atoms with Gasteiger partial charge in [-0.3, -0.25) is 4.79 Å². The molecule has 0 aromatic carbocycles. The number of hydrogen-bond acceptors (Lipinski definition) is 5. The van der Waals surface area contributed by atoms with E-state index in [-0.39, 0.29) is 18.0 Å². The third-order valence-electron chi connectivity index (χ3n) is 6.50. The smallest absolute Gasteiger partial charge is 0.320 e. The van der Waals surface area contributed by atoms with Gasteiger partial charge in [0.05, 0.1) is 11.6 Å². The molecule has 2 fully saturated rings. The number of carbonyl (C=O) groups excluding carboxylic acids is 2. The fourth-order valence-corrected chi connectivity index (χ4v) is 4.64. The van der Waals surface area contributed by atoms with Gasteiger partial charge in [0.25, 0.3) is 5.91 Å². The van der Waals surface area contributed by atoms with Crippen LogP contribution < -0.4 is 5.32 Å². The number of likely N-dealkylation sites (N-methyl/N-ethyl adjacent to an activating group) is 1. The fraction of sp³-hybridized carbons (Fsp3) is 0.609. The van der Waals surface area contributed by atoms with Crippen LogP contribution in [-0.2, 0) is 0 Å². The first-order valence-corrected chi connectivity index (χ1v) is 11.6. The van der Waals surface area contributed by atoms with E-state index in [0.717, 1.165) is 63.3 Å². The molecule has 0 aliphatic carbocycles. The summed E-state index contributed by atoms with van der Waals surface area (Å²) in [5.74, 6) is 0.609. The number of aromatic nitrogens is 2. The maximum absolute atomic E-state index is 13.0. The van der Waals surface area contributed by atoms with Crippen LogP contribution in [0.3, 0.4) is 0 Å². The Balaban J connectivity index is 1.44. The van der Waals surface area contributed by atoms with Crippen molar-refractivity contribution in [2.24, 2.45) is 0 Å². The Labute approximate surface area is 190 Å². The molecule has 0 unspecified atom stereocenters. The highest BCUT2D eigenvalue weighted by molar-refractivity contribution is 5.99. The van der Waals surface area contributed by atoms with Gasteiger partial charge in [0.15, 0.2) is 5.69 Å². The molecule has 0 saturated carbocycles. The van der Waals surface area contributed by atoms with E-state index < -0.39 is 0 Å². The molecule has 2 aromatic rings. The molecule has 32 heavy (non-hydrogen) atoms. The van der Waals surface area contributed by atoms with Gasteiger partial charge in [-0.2, -0.15) is 0 Å². The minimum Gasteiger partial charge on any atom is -0.351 e. The predicted molar refractivity (Wildman–Crippen MR) is 124 cm³/mol. The topological polar surface area (TPSA) is 76.4 Å². The van der Waals surface area contributed by atoms with Crippen LogP contribution in [0.1, 0.15) is 41.6 Å². The van der Waals surface area contributed by atoms with E-state index in [0.29, 0.717) is 18.8 Å². The number of hydrogen-bond donors (Lipinski definition) is 1. The van der Waals surface area contributed by atoms with Crippen molar-refractivity contribution in [1.29, 1.82) is 0 Å². The number of likely N-dealkylation sites (tertiary alicyclic amines) is 1. The van der Waals surface area contributed by atoms with Gasteiger partial charge in [0, 0.05) is 59.6 Å². The van der Waals surface area contributed by atoms with E-state index in [9.17, 15) is 9.59 Å². The average Bonchev–Trinajstić information content (AvgIpc) is 3.42. The van der Waals surface area contributed by atoms with Crippen LogP contribution in [0.25, 0.3) is 5.52 Å². The normalized spacial score (nSPS) is 20.1. The lowest BCUT2D eigenvalue weighted by atomic mass is 10.2. The average molecular weight is 442 g/mol. The largest absolute Gasteiger partial charge is 0.351 e. The van der Waals surface area contributed by atoms with Crippen molar-refractivity contribution in [3.8, 4) is 0 Å². The van der Waals surface area contributed by atoms with E-state index in [1.165, 1.54) is 0 Å². The molecule has 174 valence electrons. The zero-order chi connectivity index (χ0) is 22.7. The third kappa shape index (κ3) is 4.73. The van der Waals surface area contributed by atoms with Crippen molar-refractivity contribution < 1.29 is 9.59 Å². The second-order valence-corrected chi connectivity index (χ2v) is 9.06. The lowest BCUT2D eigenvalue weighted by Crippen LogP contribution is -2.45. The van der Waals surface area contributed by atoms with Gasteiger partial charge in [-0.15, -0.1) is 0 Å². The number of carbonyl (C=O) groups is 2. The quantitative estimate of drug-likeness (QED) is 0.688. The van der Waals surface area contributed by atoms with E-state index in [2.05, 4.69) is 22.2 Å².